The lowest BCUT2D eigenvalue weighted by molar-refractivity contribution is 0.603. The lowest BCUT2D eigenvalue weighted by Gasteiger charge is -2.13. The van der Waals surface area contributed by atoms with Gasteiger partial charge in [-0.25, -0.2) is 0 Å². The molecule has 2 nitrogen and oxygen atoms in total. The Morgan fingerprint density at radius 2 is 2.00 bits per heavy atom. The third-order valence-electron chi connectivity index (χ3n) is 3.30. The van der Waals surface area contributed by atoms with Gasteiger partial charge in [-0.2, -0.15) is 0 Å². The predicted octanol–water partition coefficient (Wildman–Crippen LogP) is 2.18. The molecule has 1 aromatic rings. The zero-order valence-electron chi connectivity index (χ0n) is 9.64. The van der Waals surface area contributed by atoms with E-state index < -0.39 is 0 Å². The van der Waals surface area contributed by atoms with Gasteiger partial charge in [0.25, 0.3) is 0 Å². The Hall–Kier alpha value is -1.02. The summed E-state index contributed by atoms with van der Waals surface area (Å²) < 4.78 is 0. The van der Waals surface area contributed by atoms with E-state index in [1.807, 2.05) is 0 Å². The standard InChI is InChI=1S/C13H20N2/c1-9-6-11(7-10(2)13(9)14)8-12-4-3-5-15-12/h6-7,12,15H,3-5,8,14H2,1-2H3. The fourth-order valence-electron chi connectivity index (χ4n) is 2.40. The average Bonchev–Trinajstić information content (AvgIpc) is 2.66. The molecule has 1 heterocycles. The Labute approximate surface area is 91.9 Å². The van der Waals surface area contributed by atoms with Gasteiger partial charge in [0.2, 0.25) is 0 Å². The van der Waals surface area contributed by atoms with Crippen LogP contribution in [0.3, 0.4) is 0 Å². The van der Waals surface area contributed by atoms with Crippen LogP contribution in [0.15, 0.2) is 12.1 Å². The molecule has 1 saturated heterocycles. The van der Waals surface area contributed by atoms with Crippen molar-refractivity contribution in [1.82, 2.24) is 5.32 Å². The second-order valence-electron chi connectivity index (χ2n) is 4.64. The Morgan fingerprint density at radius 1 is 1.33 bits per heavy atom. The lowest BCUT2D eigenvalue weighted by atomic mass is 9.99. The summed E-state index contributed by atoms with van der Waals surface area (Å²) in [6.45, 7) is 5.36. The molecular weight excluding hydrogens is 184 g/mol. The second-order valence-corrected chi connectivity index (χ2v) is 4.64. The molecule has 1 fully saturated rings. The van der Waals surface area contributed by atoms with Crippen molar-refractivity contribution in [2.45, 2.75) is 39.2 Å². The number of aryl methyl sites for hydroxylation is 2. The minimum Gasteiger partial charge on any atom is -0.398 e. The monoisotopic (exact) mass is 204 g/mol. The summed E-state index contributed by atoms with van der Waals surface area (Å²) in [6.07, 6.45) is 3.77. The molecule has 1 unspecified atom stereocenters. The van der Waals surface area contributed by atoms with E-state index in [2.05, 4.69) is 31.3 Å². The molecule has 1 aliphatic heterocycles. The van der Waals surface area contributed by atoms with Crippen molar-refractivity contribution < 1.29 is 0 Å². The molecule has 2 rings (SSSR count). The van der Waals surface area contributed by atoms with Crippen molar-refractivity contribution in [3.8, 4) is 0 Å². The van der Waals surface area contributed by atoms with Crippen LogP contribution in [0.2, 0.25) is 0 Å². The maximum absolute atomic E-state index is 5.94. The van der Waals surface area contributed by atoms with Gasteiger partial charge >= 0.3 is 0 Å². The normalized spacial score (nSPS) is 20.8. The Balaban J connectivity index is 2.14. The molecule has 0 amide bonds. The number of rotatable bonds is 2. The average molecular weight is 204 g/mol. The first-order chi connectivity index (χ1) is 7.16. The van der Waals surface area contributed by atoms with Gasteiger partial charge in [-0.1, -0.05) is 12.1 Å². The van der Waals surface area contributed by atoms with E-state index in [-0.39, 0.29) is 0 Å². The molecule has 0 bridgehead atoms. The Bertz CT molecular complexity index is 329. The fourth-order valence-corrected chi connectivity index (χ4v) is 2.40. The van der Waals surface area contributed by atoms with E-state index in [1.54, 1.807) is 0 Å². The SMILES string of the molecule is Cc1cc(CC2CCCN2)cc(C)c1N. The van der Waals surface area contributed by atoms with Crippen LogP contribution in [0.4, 0.5) is 5.69 Å². The van der Waals surface area contributed by atoms with Crippen molar-refractivity contribution in [3.63, 3.8) is 0 Å². The van der Waals surface area contributed by atoms with Gasteiger partial charge in [0.15, 0.2) is 0 Å². The molecule has 0 spiro atoms. The van der Waals surface area contributed by atoms with Crippen molar-refractivity contribution in [2.75, 3.05) is 12.3 Å². The summed E-state index contributed by atoms with van der Waals surface area (Å²) in [7, 11) is 0. The zero-order chi connectivity index (χ0) is 10.8. The topological polar surface area (TPSA) is 38.0 Å². The maximum Gasteiger partial charge on any atom is 0.0373 e. The highest BCUT2D eigenvalue weighted by Crippen LogP contribution is 2.21. The Morgan fingerprint density at radius 3 is 2.53 bits per heavy atom. The number of benzene rings is 1. The molecule has 15 heavy (non-hydrogen) atoms. The van der Waals surface area contributed by atoms with Crippen LogP contribution in [-0.4, -0.2) is 12.6 Å². The summed E-state index contributed by atoms with van der Waals surface area (Å²) in [5, 5.41) is 3.53. The van der Waals surface area contributed by atoms with Gasteiger partial charge < -0.3 is 11.1 Å². The lowest BCUT2D eigenvalue weighted by Crippen LogP contribution is -2.23. The highest BCUT2D eigenvalue weighted by molar-refractivity contribution is 5.54. The molecule has 0 saturated carbocycles. The summed E-state index contributed by atoms with van der Waals surface area (Å²) in [5.74, 6) is 0. The highest BCUT2D eigenvalue weighted by atomic mass is 14.9. The quantitative estimate of drug-likeness (QED) is 0.725. The molecule has 1 aromatic carbocycles. The van der Waals surface area contributed by atoms with Crippen molar-refractivity contribution >= 4 is 5.69 Å². The molecule has 1 atom stereocenters. The Kier molecular flexibility index (Phi) is 2.96. The molecule has 3 N–H and O–H groups in total. The van der Waals surface area contributed by atoms with Gasteiger partial charge in [0.05, 0.1) is 0 Å². The number of nitrogens with two attached hydrogens (primary N) is 1. The number of nitrogens with one attached hydrogen (secondary N) is 1. The van der Waals surface area contributed by atoms with Gasteiger partial charge in [0.1, 0.15) is 0 Å². The summed E-state index contributed by atoms with van der Waals surface area (Å²) in [4.78, 5) is 0. The van der Waals surface area contributed by atoms with E-state index in [0.29, 0.717) is 6.04 Å². The van der Waals surface area contributed by atoms with Crippen LogP contribution in [-0.2, 0) is 6.42 Å². The predicted molar refractivity (Wildman–Crippen MR) is 65.1 cm³/mol. The van der Waals surface area contributed by atoms with Crippen LogP contribution in [0.1, 0.15) is 29.5 Å². The first-order valence-corrected chi connectivity index (χ1v) is 5.76. The molecule has 2 heteroatoms. The first-order valence-electron chi connectivity index (χ1n) is 5.76. The first kappa shape index (κ1) is 10.5. The third-order valence-corrected chi connectivity index (χ3v) is 3.30. The van der Waals surface area contributed by atoms with Gasteiger partial charge in [-0.15, -0.1) is 0 Å². The molecule has 0 aliphatic carbocycles. The summed E-state index contributed by atoms with van der Waals surface area (Å²) in [5.41, 5.74) is 10.7. The third kappa shape index (κ3) is 2.32. The molecular formula is C13H20N2. The number of nitrogen functional groups attached to an aromatic ring is 1. The summed E-state index contributed by atoms with van der Waals surface area (Å²) in [6, 6.07) is 5.12. The van der Waals surface area contributed by atoms with E-state index in [1.165, 1.54) is 36.1 Å². The number of hydrogen-bond donors (Lipinski definition) is 2. The van der Waals surface area contributed by atoms with E-state index in [4.69, 9.17) is 5.73 Å². The van der Waals surface area contributed by atoms with Crippen LogP contribution in [0, 0.1) is 13.8 Å². The van der Waals surface area contributed by atoms with Crippen molar-refractivity contribution in [1.29, 1.82) is 0 Å². The molecule has 1 aliphatic rings. The van der Waals surface area contributed by atoms with E-state index in [0.717, 1.165) is 12.1 Å². The van der Waals surface area contributed by atoms with Gasteiger partial charge in [0, 0.05) is 11.7 Å². The van der Waals surface area contributed by atoms with Crippen LogP contribution < -0.4 is 11.1 Å². The molecule has 0 aromatic heterocycles. The second kappa shape index (κ2) is 4.23. The maximum atomic E-state index is 5.94. The summed E-state index contributed by atoms with van der Waals surface area (Å²) >= 11 is 0. The minimum absolute atomic E-state index is 0.674. The highest BCUT2D eigenvalue weighted by Gasteiger charge is 2.14. The van der Waals surface area contributed by atoms with E-state index in [9.17, 15) is 0 Å². The van der Waals surface area contributed by atoms with Gasteiger partial charge in [-0.3, -0.25) is 0 Å². The largest absolute Gasteiger partial charge is 0.398 e. The minimum atomic E-state index is 0.674. The van der Waals surface area contributed by atoms with E-state index >= 15 is 0 Å². The van der Waals surface area contributed by atoms with Crippen LogP contribution >= 0.6 is 0 Å². The van der Waals surface area contributed by atoms with Crippen molar-refractivity contribution in [2.24, 2.45) is 0 Å². The molecule has 82 valence electrons. The fraction of sp³-hybridized carbons (Fsp3) is 0.538. The molecule has 0 radical (unpaired) electrons. The smallest absolute Gasteiger partial charge is 0.0373 e. The van der Waals surface area contributed by atoms with Crippen LogP contribution in [0.25, 0.3) is 0 Å². The number of hydrogen-bond acceptors (Lipinski definition) is 2. The zero-order valence-corrected chi connectivity index (χ0v) is 9.64. The van der Waals surface area contributed by atoms with Crippen LogP contribution in [0.5, 0.6) is 0 Å². The number of anilines is 1. The van der Waals surface area contributed by atoms with Gasteiger partial charge in [-0.05, 0) is 56.3 Å². The van der Waals surface area contributed by atoms with Crippen molar-refractivity contribution in [3.05, 3.63) is 28.8 Å².